The first-order valence-electron chi connectivity index (χ1n) is 8.74. The molecule has 6 heteroatoms. The Kier molecular flexibility index (Phi) is 6.64. The molecule has 3 nitrogen and oxygen atoms in total. The molecular weight excluding hydrogens is 401 g/mol. The summed E-state index contributed by atoms with van der Waals surface area (Å²) in [5.74, 6) is 1.33. The van der Waals surface area contributed by atoms with Crippen LogP contribution in [0.15, 0.2) is 51.8 Å². The molecule has 0 fully saturated rings. The van der Waals surface area contributed by atoms with E-state index in [0.717, 1.165) is 29.2 Å². The molecule has 3 rings (SSSR count). The monoisotopic (exact) mass is 419 g/mol. The molecule has 1 aromatic heterocycles. The van der Waals surface area contributed by atoms with Crippen LogP contribution in [-0.2, 0) is 12.8 Å². The van der Waals surface area contributed by atoms with Crippen molar-refractivity contribution in [3.63, 3.8) is 0 Å². The number of nitrogens with zero attached hydrogens (tertiary/aromatic N) is 1. The average Bonchev–Trinajstić information content (AvgIpc) is 3.03. The lowest BCUT2D eigenvalue weighted by Gasteiger charge is -2.01. The number of oxazole rings is 1. The van der Waals surface area contributed by atoms with Crippen molar-refractivity contribution in [3.05, 3.63) is 69.5 Å². The standard InChI is InChI=1S/C21H19Cl2NO2S/c1-2-3-20-18(10-11-19(25)13-4-7-15(27)8-5-13)24-21(26-20)16-9-6-14(22)12-17(16)23/h4-9,12,27H,2-3,10-11H2,1H3. The molecule has 0 N–H and O–H groups in total. The Morgan fingerprint density at radius 3 is 2.52 bits per heavy atom. The first kappa shape index (κ1) is 20.0. The van der Waals surface area contributed by atoms with Crippen LogP contribution in [0.5, 0.6) is 0 Å². The fraction of sp³-hybridized carbons (Fsp3) is 0.238. The SMILES string of the molecule is CCCc1oc(-c2ccc(Cl)cc2Cl)nc1CCC(=O)c1ccc(S)cc1. The molecule has 1 heterocycles. The van der Waals surface area contributed by atoms with Gasteiger partial charge in [-0.3, -0.25) is 4.79 Å². The van der Waals surface area contributed by atoms with Gasteiger partial charge in [0, 0.05) is 34.7 Å². The third-order valence-corrected chi connectivity index (χ3v) is 5.04. The van der Waals surface area contributed by atoms with Crippen LogP contribution < -0.4 is 0 Å². The number of benzene rings is 2. The first-order valence-corrected chi connectivity index (χ1v) is 9.94. The summed E-state index contributed by atoms with van der Waals surface area (Å²) < 4.78 is 5.96. The minimum atomic E-state index is 0.0693. The number of aromatic nitrogens is 1. The van der Waals surface area contributed by atoms with Gasteiger partial charge in [0.2, 0.25) is 5.89 Å². The van der Waals surface area contributed by atoms with Gasteiger partial charge in [-0.1, -0.05) is 42.3 Å². The number of halogens is 2. The van der Waals surface area contributed by atoms with E-state index in [1.165, 1.54) is 0 Å². The molecule has 0 atom stereocenters. The molecule has 27 heavy (non-hydrogen) atoms. The van der Waals surface area contributed by atoms with E-state index < -0.39 is 0 Å². The second-order valence-electron chi connectivity index (χ2n) is 6.23. The second-order valence-corrected chi connectivity index (χ2v) is 7.59. The van der Waals surface area contributed by atoms with Crippen molar-refractivity contribution in [1.82, 2.24) is 4.98 Å². The van der Waals surface area contributed by atoms with Gasteiger partial charge in [-0.2, -0.15) is 0 Å². The maximum atomic E-state index is 12.4. The maximum Gasteiger partial charge on any atom is 0.228 e. The van der Waals surface area contributed by atoms with Crippen molar-refractivity contribution in [2.45, 2.75) is 37.5 Å². The van der Waals surface area contributed by atoms with Gasteiger partial charge < -0.3 is 4.42 Å². The van der Waals surface area contributed by atoms with E-state index in [1.807, 2.05) is 12.1 Å². The molecule has 0 bridgehead atoms. The lowest BCUT2D eigenvalue weighted by atomic mass is 10.0. The summed E-state index contributed by atoms with van der Waals surface area (Å²) in [7, 11) is 0. The number of carbonyl (C=O) groups is 1. The number of hydrogen-bond donors (Lipinski definition) is 1. The Balaban J connectivity index is 1.81. The summed E-state index contributed by atoms with van der Waals surface area (Å²) in [6.07, 6.45) is 2.57. The average molecular weight is 420 g/mol. The number of thiol groups is 1. The quantitative estimate of drug-likeness (QED) is 0.341. The minimum absolute atomic E-state index is 0.0693. The summed E-state index contributed by atoms with van der Waals surface area (Å²) in [6.45, 7) is 2.07. The lowest BCUT2D eigenvalue weighted by molar-refractivity contribution is 0.0982. The number of hydrogen-bond acceptors (Lipinski definition) is 4. The molecular formula is C21H19Cl2NO2S. The highest BCUT2D eigenvalue weighted by molar-refractivity contribution is 7.80. The fourth-order valence-electron chi connectivity index (χ4n) is 2.80. The fourth-order valence-corrected chi connectivity index (χ4v) is 3.44. The number of ketones is 1. The van der Waals surface area contributed by atoms with E-state index >= 15 is 0 Å². The molecule has 0 amide bonds. The summed E-state index contributed by atoms with van der Waals surface area (Å²) >= 11 is 16.5. The summed E-state index contributed by atoms with van der Waals surface area (Å²) in [4.78, 5) is 17.9. The molecule has 0 aliphatic carbocycles. The van der Waals surface area contributed by atoms with Crippen LogP contribution >= 0.6 is 35.8 Å². The van der Waals surface area contributed by atoms with Crippen molar-refractivity contribution in [2.75, 3.05) is 0 Å². The lowest BCUT2D eigenvalue weighted by Crippen LogP contribution is -2.02. The summed E-state index contributed by atoms with van der Waals surface area (Å²) in [5.41, 5.74) is 2.17. The van der Waals surface area contributed by atoms with Crippen molar-refractivity contribution in [1.29, 1.82) is 0 Å². The van der Waals surface area contributed by atoms with E-state index in [0.29, 0.717) is 39.9 Å². The zero-order valence-corrected chi connectivity index (χ0v) is 17.2. The van der Waals surface area contributed by atoms with Crippen LogP contribution in [-0.4, -0.2) is 10.8 Å². The van der Waals surface area contributed by atoms with Crippen molar-refractivity contribution < 1.29 is 9.21 Å². The van der Waals surface area contributed by atoms with Crippen molar-refractivity contribution in [2.24, 2.45) is 0 Å². The van der Waals surface area contributed by atoms with Crippen LogP contribution in [0, 0.1) is 0 Å². The van der Waals surface area contributed by atoms with E-state index in [9.17, 15) is 4.79 Å². The molecule has 0 radical (unpaired) electrons. The van der Waals surface area contributed by atoms with Gasteiger partial charge in [0.25, 0.3) is 0 Å². The Hall–Kier alpha value is -1.75. The van der Waals surface area contributed by atoms with Gasteiger partial charge in [-0.25, -0.2) is 4.98 Å². The third kappa shape index (κ3) is 4.95. The Bertz CT molecular complexity index is 951. The third-order valence-electron chi connectivity index (χ3n) is 4.19. The van der Waals surface area contributed by atoms with E-state index in [1.54, 1.807) is 30.3 Å². The van der Waals surface area contributed by atoms with E-state index in [-0.39, 0.29) is 5.78 Å². The zero-order valence-electron chi connectivity index (χ0n) is 14.8. The number of rotatable bonds is 7. The molecule has 2 aromatic carbocycles. The Morgan fingerprint density at radius 2 is 1.85 bits per heavy atom. The van der Waals surface area contributed by atoms with E-state index in [2.05, 4.69) is 24.5 Å². The van der Waals surface area contributed by atoms with Crippen LogP contribution in [0.4, 0.5) is 0 Å². The smallest absolute Gasteiger partial charge is 0.228 e. The number of Topliss-reactive ketones (excluding diaryl/α,β-unsaturated/α-hetero) is 1. The number of carbonyl (C=O) groups excluding carboxylic acids is 1. The van der Waals surface area contributed by atoms with Crippen molar-refractivity contribution in [3.8, 4) is 11.5 Å². The Morgan fingerprint density at radius 1 is 1.11 bits per heavy atom. The van der Waals surface area contributed by atoms with Gasteiger partial charge in [0.1, 0.15) is 5.76 Å². The van der Waals surface area contributed by atoms with Crippen LogP contribution in [0.2, 0.25) is 10.0 Å². The first-order chi connectivity index (χ1) is 13.0. The van der Waals surface area contributed by atoms with Gasteiger partial charge in [-0.05, 0) is 36.8 Å². The second kappa shape index (κ2) is 8.96. The molecule has 0 aliphatic rings. The topological polar surface area (TPSA) is 43.1 Å². The van der Waals surface area contributed by atoms with Crippen LogP contribution in [0.1, 0.15) is 41.6 Å². The maximum absolute atomic E-state index is 12.4. The zero-order chi connectivity index (χ0) is 19.4. The minimum Gasteiger partial charge on any atom is -0.441 e. The summed E-state index contributed by atoms with van der Waals surface area (Å²) in [6, 6.07) is 12.4. The highest BCUT2D eigenvalue weighted by Crippen LogP contribution is 2.31. The molecule has 140 valence electrons. The largest absolute Gasteiger partial charge is 0.441 e. The molecule has 0 saturated heterocycles. The van der Waals surface area contributed by atoms with Gasteiger partial charge in [-0.15, -0.1) is 12.6 Å². The molecule has 0 spiro atoms. The highest BCUT2D eigenvalue weighted by atomic mass is 35.5. The van der Waals surface area contributed by atoms with Gasteiger partial charge in [0.15, 0.2) is 5.78 Å². The van der Waals surface area contributed by atoms with Gasteiger partial charge in [0.05, 0.1) is 16.3 Å². The molecule has 0 unspecified atom stereocenters. The molecule has 0 aliphatic heterocycles. The van der Waals surface area contributed by atoms with Crippen molar-refractivity contribution >= 4 is 41.6 Å². The summed E-state index contributed by atoms with van der Waals surface area (Å²) in [5, 5.41) is 1.04. The highest BCUT2D eigenvalue weighted by Gasteiger charge is 2.17. The molecule has 3 aromatic rings. The van der Waals surface area contributed by atoms with Crippen LogP contribution in [0.25, 0.3) is 11.5 Å². The predicted molar refractivity (Wildman–Crippen MR) is 112 cm³/mol. The van der Waals surface area contributed by atoms with Crippen LogP contribution in [0.3, 0.4) is 0 Å². The van der Waals surface area contributed by atoms with Gasteiger partial charge >= 0.3 is 0 Å². The Labute approximate surface area is 174 Å². The normalized spacial score (nSPS) is 11.0. The molecule has 0 saturated carbocycles. The van der Waals surface area contributed by atoms with E-state index in [4.69, 9.17) is 27.6 Å². The predicted octanol–water partition coefficient (Wildman–Crippen LogP) is 6.71. The number of aryl methyl sites for hydroxylation is 2.